The lowest BCUT2D eigenvalue weighted by Crippen LogP contribution is -2.38. The molecule has 2 aromatic rings. The lowest BCUT2D eigenvalue weighted by atomic mass is 10.3. The molecule has 0 bridgehead atoms. The van der Waals surface area contributed by atoms with Gasteiger partial charge in [-0.3, -0.25) is 4.79 Å². The fourth-order valence-electron chi connectivity index (χ4n) is 2.18. The number of amides is 1. The molecule has 1 N–H and O–H groups in total. The van der Waals surface area contributed by atoms with Crippen LogP contribution in [0.3, 0.4) is 0 Å². The molecule has 1 amide bonds. The Morgan fingerprint density at radius 2 is 2.08 bits per heavy atom. The number of pyridine rings is 1. The van der Waals surface area contributed by atoms with Crippen LogP contribution in [0.5, 0.6) is 11.6 Å². The number of halogens is 1. The van der Waals surface area contributed by atoms with Gasteiger partial charge in [0.25, 0.3) is 0 Å². The molecule has 0 radical (unpaired) electrons. The van der Waals surface area contributed by atoms with Gasteiger partial charge in [-0.2, -0.15) is 0 Å². The zero-order valence-corrected chi connectivity index (χ0v) is 15.4. The molecule has 2 rings (SSSR count). The van der Waals surface area contributed by atoms with E-state index in [1.54, 1.807) is 25.1 Å². The van der Waals surface area contributed by atoms with Crippen molar-refractivity contribution in [1.82, 2.24) is 10.3 Å². The lowest BCUT2D eigenvalue weighted by molar-refractivity contribution is -0.120. The Hall–Kier alpha value is -2.48. The second kappa shape index (κ2) is 8.75. The van der Waals surface area contributed by atoms with Crippen molar-refractivity contribution in [2.24, 2.45) is 0 Å². The molecule has 1 aromatic carbocycles. The largest absolute Gasteiger partial charge is 0.439 e. The average molecular weight is 380 g/mol. The molecule has 0 unspecified atom stereocenters. The summed E-state index contributed by atoms with van der Waals surface area (Å²) in [5.74, 6) is -0.361. The Morgan fingerprint density at radius 3 is 2.69 bits per heavy atom. The molecule has 1 heterocycles. The Kier molecular flexibility index (Phi) is 6.68. The second-order valence-electron chi connectivity index (χ2n) is 5.79. The lowest BCUT2D eigenvalue weighted by Gasteiger charge is -2.13. The van der Waals surface area contributed by atoms with Crippen molar-refractivity contribution < 1.29 is 22.3 Å². The molecular formula is C18H21FN2O4S. The normalized spacial score (nSPS) is 12.4. The molecule has 0 spiro atoms. The maximum atomic E-state index is 13.1. The third kappa shape index (κ3) is 5.52. The fraction of sp³-hybridized carbons (Fsp3) is 0.333. The standard InChI is InChI=1S/C18H21FN2O4S/c1-3-9-26(23,24)13(2)18(22)21-12-14-7-8-17(20-11-14)25-16-6-4-5-15(19)10-16/h4-8,10-11,13H,3,9,12H2,1-2H3,(H,21,22)/t13-/m0/s1. The van der Waals surface area contributed by atoms with E-state index in [-0.39, 0.29) is 18.2 Å². The highest BCUT2D eigenvalue weighted by molar-refractivity contribution is 7.92. The van der Waals surface area contributed by atoms with Gasteiger partial charge in [-0.1, -0.05) is 19.1 Å². The van der Waals surface area contributed by atoms with Gasteiger partial charge in [0.15, 0.2) is 9.84 Å². The highest BCUT2D eigenvalue weighted by Gasteiger charge is 2.26. The number of rotatable bonds is 8. The highest BCUT2D eigenvalue weighted by atomic mass is 32.2. The molecule has 0 saturated carbocycles. The quantitative estimate of drug-likeness (QED) is 0.761. The zero-order valence-electron chi connectivity index (χ0n) is 14.6. The van der Waals surface area contributed by atoms with E-state index in [0.29, 0.717) is 17.7 Å². The highest BCUT2D eigenvalue weighted by Crippen LogP contribution is 2.20. The summed E-state index contributed by atoms with van der Waals surface area (Å²) >= 11 is 0. The number of hydrogen-bond acceptors (Lipinski definition) is 5. The van der Waals surface area contributed by atoms with Crippen molar-refractivity contribution in [3.8, 4) is 11.6 Å². The molecule has 8 heteroatoms. The van der Waals surface area contributed by atoms with Crippen molar-refractivity contribution in [3.05, 3.63) is 54.0 Å². The number of carbonyl (C=O) groups excluding carboxylic acids is 1. The maximum absolute atomic E-state index is 13.1. The van der Waals surface area contributed by atoms with Crippen LogP contribution in [-0.4, -0.2) is 30.3 Å². The van der Waals surface area contributed by atoms with Crippen molar-refractivity contribution in [3.63, 3.8) is 0 Å². The van der Waals surface area contributed by atoms with E-state index < -0.39 is 26.8 Å². The van der Waals surface area contributed by atoms with Crippen LogP contribution in [0.25, 0.3) is 0 Å². The van der Waals surface area contributed by atoms with Crippen LogP contribution in [-0.2, 0) is 21.2 Å². The van der Waals surface area contributed by atoms with Gasteiger partial charge in [0.1, 0.15) is 16.8 Å². The van der Waals surface area contributed by atoms with Crippen molar-refractivity contribution in [2.75, 3.05) is 5.75 Å². The van der Waals surface area contributed by atoms with Gasteiger partial charge in [-0.05, 0) is 31.0 Å². The Balaban J connectivity index is 1.92. The molecule has 0 saturated heterocycles. The third-order valence-electron chi connectivity index (χ3n) is 3.68. The summed E-state index contributed by atoms with van der Waals surface area (Å²) in [6.45, 7) is 3.29. The average Bonchev–Trinajstić information content (AvgIpc) is 2.60. The molecule has 26 heavy (non-hydrogen) atoms. The molecule has 0 aliphatic carbocycles. The second-order valence-corrected chi connectivity index (χ2v) is 8.23. The SMILES string of the molecule is CCCS(=O)(=O)[C@@H](C)C(=O)NCc1ccc(Oc2cccc(F)c2)nc1. The van der Waals surface area contributed by atoms with Gasteiger partial charge in [-0.15, -0.1) is 0 Å². The summed E-state index contributed by atoms with van der Waals surface area (Å²) in [6.07, 6.45) is 1.97. The minimum absolute atomic E-state index is 0.0186. The van der Waals surface area contributed by atoms with Crippen LogP contribution in [0.2, 0.25) is 0 Å². The summed E-state index contributed by atoms with van der Waals surface area (Å²) < 4.78 is 42.4. The smallest absolute Gasteiger partial charge is 0.238 e. The topological polar surface area (TPSA) is 85.4 Å². The molecule has 0 aliphatic rings. The molecule has 0 aliphatic heterocycles. The maximum Gasteiger partial charge on any atom is 0.238 e. The number of benzene rings is 1. The van der Waals surface area contributed by atoms with Crippen LogP contribution in [0.1, 0.15) is 25.8 Å². The molecule has 1 atom stereocenters. The van der Waals surface area contributed by atoms with E-state index >= 15 is 0 Å². The van der Waals surface area contributed by atoms with E-state index in [4.69, 9.17) is 4.74 Å². The number of nitrogens with zero attached hydrogens (tertiary/aromatic N) is 1. The molecule has 0 fully saturated rings. The number of nitrogens with one attached hydrogen (secondary N) is 1. The van der Waals surface area contributed by atoms with Gasteiger partial charge >= 0.3 is 0 Å². The van der Waals surface area contributed by atoms with E-state index in [2.05, 4.69) is 10.3 Å². The van der Waals surface area contributed by atoms with Crippen molar-refractivity contribution >= 4 is 15.7 Å². The molecule has 6 nitrogen and oxygen atoms in total. The van der Waals surface area contributed by atoms with Crippen LogP contribution in [0.4, 0.5) is 4.39 Å². The van der Waals surface area contributed by atoms with Crippen LogP contribution < -0.4 is 10.1 Å². The predicted molar refractivity (Wildman–Crippen MR) is 96.1 cm³/mol. The zero-order chi connectivity index (χ0) is 19.2. The van der Waals surface area contributed by atoms with Crippen LogP contribution in [0.15, 0.2) is 42.6 Å². The summed E-state index contributed by atoms with van der Waals surface area (Å²) in [6, 6.07) is 8.97. The Bertz CT molecular complexity index is 854. The monoisotopic (exact) mass is 380 g/mol. The molecular weight excluding hydrogens is 359 g/mol. The first-order valence-electron chi connectivity index (χ1n) is 8.19. The number of carbonyl (C=O) groups is 1. The van der Waals surface area contributed by atoms with Crippen LogP contribution in [0, 0.1) is 5.82 Å². The molecule has 1 aromatic heterocycles. The first kappa shape index (κ1) is 19.8. The van der Waals surface area contributed by atoms with Crippen molar-refractivity contribution in [1.29, 1.82) is 0 Å². The minimum Gasteiger partial charge on any atom is -0.439 e. The Morgan fingerprint density at radius 1 is 1.31 bits per heavy atom. The first-order valence-corrected chi connectivity index (χ1v) is 9.91. The minimum atomic E-state index is -3.44. The summed E-state index contributed by atoms with van der Waals surface area (Å²) in [5, 5.41) is 1.50. The van der Waals surface area contributed by atoms with Crippen molar-refractivity contribution in [2.45, 2.75) is 32.1 Å². The summed E-state index contributed by atoms with van der Waals surface area (Å²) in [4.78, 5) is 16.1. The van der Waals surface area contributed by atoms with E-state index in [1.807, 2.05) is 0 Å². The number of aromatic nitrogens is 1. The first-order chi connectivity index (χ1) is 12.3. The summed E-state index contributed by atoms with van der Waals surface area (Å²) in [7, 11) is -3.44. The number of sulfone groups is 1. The van der Waals surface area contributed by atoms with Gasteiger partial charge in [0, 0.05) is 24.9 Å². The summed E-state index contributed by atoms with van der Waals surface area (Å²) in [5.41, 5.74) is 0.685. The fourth-order valence-corrected chi connectivity index (χ4v) is 3.52. The van der Waals surface area contributed by atoms with Gasteiger partial charge in [0.05, 0.1) is 5.75 Å². The van der Waals surface area contributed by atoms with E-state index in [9.17, 15) is 17.6 Å². The molecule has 140 valence electrons. The van der Waals surface area contributed by atoms with Gasteiger partial charge in [0.2, 0.25) is 11.8 Å². The predicted octanol–water partition coefficient (Wildman–Crippen LogP) is 2.84. The van der Waals surface area contributed by atoms with Crippen LogP contribution >= 0.6 is 0 Å². The van der Waals surface area contributed by atoms with Gasteiger partial charge in [-0.25, -0.2) is 17.8 Å². The third-order valence-corrected chi connectivity index (χ3v) is 5.95. The van der Waals surface area contributed by atoms with Gasteiger partial charge < -0.3 is 10.1 Å². The Labute approximate surface area is 152 Å². The number of hydrogen-bond donors (Lipinski definition) is 1. The van der Waals surface area contributed by atoms with E-state index in [0.717, 1.165) is 0 Å². The number of ether oxygens (including phenoxy) is 1. The van der Waals surface area contributed by atoms with E-state index in [1.165, 1.54) is 31.3 Å².